The number of nitrogens with zero attached hydrogens (tertiary/aromatic N) is 1. The molecule has 1 aromatic rings. The van der Waals surface area contributed by atoms with Gasteiger partial charge in [0.05, 0.1) is 32.1 Å². The third kappa shape index (κ3) is 5.66. The van der Waals surface area contributed by atoms with Crippen LogP contribution in [0.3, 0.4) is 0 Å². The van der Waals surface area contributed by atoms with E-state index in [-0.39, 0.29) is 5.97 Å². The highest BCUT2D eigenvalue weighted by molar-refractivity contribution is 5.89. The van der Waals surface area contributed by atoms with E-state index in [2.05, 4.69) is 13.8 Å². The van der Waals surface area contributed by atoms with Crippen LogP contribution in [0.4, 0.5) is 5.69 Å². The SMILES string of the molecule is CCCCC(CC)COC(=O)c1ccc(N(OC)OC)cc1. The van der Waals surface area contributed by atoms with Crippen molar-refractivity contribution >= 4 is 11.7 Å². The maximum Gasteiger partial charge on any atom is 0.338 e. The summed E-state index contributed by atoms with van der Waals surface area (Å²) in [4.78, 5) is 22.1. The lowest BCUT2D eigenvalue weighted by atomic mass is 10.0. The predicted molar refractivity (Wildman–Crippen MR) is 86.5 cm³/mol. The van der Waals surface area contributed by atoms with Gasteiger partial charge in [-0.05, 0) is 36.6 Å². The van der Waals surface area contributed by atoms with Gasteiger partial charge in [-0.2, -0.15) is 0 Å². The average Bonchev–Trinajstić information content (AvgIpc) is 2.56. The highest BCUT2D eigenvalue weighted by atomic mass is 16.9. The lowest BCUT2D eigenvalue weighted by Crippen LogP contribution is -2.19. The molecule has 22 heavy (non-hydrogen) atoms. The van der Waals surface area contributed by atoms with Crippen molar-refractivity contribution in [2.24, 2.45) is 5.92 Å². The molecule has 5 nitrogen and oxygen atoms in total. The van der Waals surface area contributed by atoms with Gasteiger partial charge >= 0.3 is 5.97 Å². The maximum absolute atomic E-state index is 12.1. The normalized spacial score (nSPS) is 12.0. The van der Waals surface area contributed by atoms with E-state index < -0.39 is 0 Å². The van der Waals surface area contributed by atoms with Crippen molar-refractivity contribution < 1.29 is 19.2 Å². The molecule has 0 saturated carbocycles. The van der Waals surface area contributed by atoms with Gasteiger partial charge in [0.1, 0.15) is 0 Å². The largest absolute Gasteiger partial charge is 0.462 e. The highest BCUT2D eigenvalue weighted by Crippen LogP contribution is 2.17. The summed E-state index contributed by atoms with van der Waals surface area (Å²) in [6, 6.07) is 6.90. The Bertz CT molecular complexity index is 429. The fourth-order valence-electron chi connectivity index (χ4n) is 2.18. The van der Waals surface area contributed by atoms with E-state index in [1.807, 2.05) is 0 Å². The first-order chi connectivity index (χ1) is 10.7. The van der Waals surface area contributed by atoms with Crippen LogP contribution in [0.2, 0.25) is 0 Å². The second-order valence-corrected chi connectivity index (χ2v) is 5.18. The van der Waals surface area contributed by atoms with Gasteiger partial charge in [-0.3, -0.25) is 9.68 Å². The smallest absolute Gasteiger partial charge is 0.338 e. The molecule has 124 valence electrons. The molecule has 0 spiro atoms. The van der Waals surface area contributed by atoms with Gasteiger partial charge in [-0.25, -0.2) is 4.79 Å². The molecule has 1 unspecified atom stereocenters. The van der Waals surface area contributed by atoms with E-state index in [9.17, 15) is 4.79 Å². The van der Waals surface area contributed by atoms with Crippen molar-refractivity contribution in [3.05, 3.63) is 29.8 Å². The van der Waals surface area contributed by atoms with Crippen molar-refractivity contribution in [1.82, 2.24) is 0 Å². The molecule has 0 amide bonds. The fourth-order valence-corrected chi connectivity index (χ4v) is 2.18. The first-order valence-electron chi connectivity index (χ1n) is 7.81. The Hall–Kier alpha value is -1.59. The number of anilines is 1. The van der Waals surface area contributed by atoms with Gasteiger partial charge in [-0.1, -0.05) is 33.1 Å². The van der Waals surface area contributed by atoms with Crippen LogP contribution in [0.5, 0.6) is 0 Å². The Kier molecular flexibility index (Phi) is 8.55. The summed E-state index contributed by atoms with van der Waals surface area (Å²) >= 11 is 0. The predicted octanol–water partition coefficient (Wildman–Crippen LogP) is 3.99. The first kappa shape index (κ1) is 18.5. The van der Waals surface area contributed by atoms with E-state index in [1.54, 1.807) is 24.3 Å². The molecule has 0 bridgehead atoms. The molecule has 0 heterocycles. The first-order valence-corrected chi connectivity index (χ1v) is 7.81. The Morgan fingerprint density at radius 1 is 1.14 bits per heavy atom. The quantitative estimate of drug-likeness (QED) is 0.483. The molecule has 0 radical (unpaired) electrons. The van der Waals surface area contributed by atoms with E-state index in [1.165, 1.54) is 32.3 Å². The van der Waals surface area contributed by atoms with Gasteiger partial charge in [-0.15, -0.1) is 5.23 Å². The second kappa shape index (κ2) is 10.2. The van der Waals surface area contributed by atoms with Gasteiger partial charge in [0.2, 0.25) is 0 Å². The van der Waals surface area contributed by atoms with Crippen LogP contribution < -0.4 is 5.23 Å². The van der Waals surface area contributed by atoms with Gasteiger partial charge in [0.15, 0.2) is 0 Å². The van der Waals surface area contributed by atoms with E-state index in [4.69, 9.17) is 14.4 Å². The van der Waals surface area contributed by atoms with Gasteiger partial charge in [0.25, 0.3) is 0 Å². The van der Waals surface area contributed by atoms with Crippen molar-refractivity contribution in [3.8, 4) is 0 Å². The topological polar surface area (TPSA) is 48.0 Å². The summed E-state index contributed by atoms with van der Waals surface area (Å²) in [6.07, 6.45) is 4.48. The molecule has 0 aliphatic carbocycles. The summed E-state index contributed by atoms with van der Waals surface area (Å²) in [5.74, 6) is 0.156. The van der Waals surface area contributed by atoms with E-state index >= 15 is 0 Å². The number of ether oxygens (including phenoxy) is 1. The Balaban J connectivity index is 2.55. The molecule has 0 saturated heterocycles. The van der Waals surface area contributed by atoms with E-state index in [0.29, 0.717) is 23.8 Å². The van der Waals surface area contributed by atoms with Crippen molar-refractivity contribution in [1.29, 1.82) is 0 Å². The number of unbranched alkanes of at least 4 members (excludes halogenated alkanes) is 1. The number of hydrogen-bond donors (Lipinski definition) is 0. The molecule has 0 fully saturated rings. The van der Waals surface area contributed by atoms with Crippen LogP contribution in [-0.2, 0) is 14.4 Å². The number of rotatable bonds is 10. The van der Waals surface area contributed by atoms with Crippen LogP contribution in [0.1, 0.15) is 49.9 Å². The van der Waals surface area contributed by atoms with Crippen LogP contribution in [0.25, 0.3) is 0 Å². The number of benzene rings is 1. The zero-order valence-electron chi connectivity index (χ0n) is 14.0. The second-order valence-electron chi connectivity index (χ2n) is 5.18. The Morgan fingerprint density at radius 2 is 1.77 bits per heavy atom. The summed E-state index contributed by atoms with van der Waals surface area (Å²) in [7, 11) is 3.01. The van der Waals surface area contributed by atoms with Crippen LogP contribution >= 0.6 is 0 Å². The highest BCUT2D eigenvalue weighted by Gasteiger charge is 2.13. The van der Waals surface area contributed by atoms with Crippen molar-refractivity contribution in [2.75, 3.05) is 26.1 Å². The summed E-state index contributed by atoms with van der Waals surface area (Å²) in [5, 5.41) is 1.26. The van der Waals surface area contributed by atoms with Crippen molar-refractivity contribution in [2.45, 2.75) is 39.5 Å². The molecule has 0 aromatic heterocycles. The molecular weight excluding hydrogens is 282 g/mol. The minimum atomic E-state index is -0.289. The van der Waals surface area contributed by atoms with Crippen LogP contribution in [-0.4, -0.2) is 26.8 Å². The number of carbonyl (C=O) groups is 1. The van der Waals surface area contributed by atoms with Crippen molar-refractivity contribution in [3.63, 3.8) is 0 Å². The average molecular weight is 309 g/mol. The third-order valence-corrected chi connectivity index (χ3v) is 3.64. The summed E-state index contributed by atoms with van der Waals surface area (Å²) in [5.41, 5.74) is 1.23. The van der Waals surface area contributed by atoms with Crippen LogP contribution in [0.15, 0.2) is 24.3 Å². The summed E-state index contributed by atoms with van der Waals surface area (Å²) < 4.78 is 5.42. The standard InChI is InChI=1S/C17H27NO4/c1-5-7-8-14(6-2)13-22-17(19)15-9-11-16(12-10-15)18(20-3)21-4/h9-12,14H,5-8,13H2,1-4H3. The van der Waals surface area contributed by atoms with Gasteiger partial charge < -0.3 is 4.74 Å². The zero-order valence-corrected chi connectivity index (χ0v) is 14.0. The third-order valence-electron chi connectivity index (χ3n) is 3.64. The molecule has 1 rings (SSSR count). The summed E-state index contributed by atoms with van der Waals surface area (Å²) in [6.45, 7) is 4.79. The lowest BCUT2D eigenvalue weighted by molar-refractivity contribution is -0.0433. The lowest BCUT2D eigenvalue weighted by Gasteiger charge is -2.18. The number of esters is 1. The Morgan fingerprint density at radius 3 is 2.27 bits per heavy atom. The molecule has 0 aliphatic rings. The van der Waals surface area contributed by atoms with Crippen LogP contribution in [0, 0.1) is 5.92 Å². The minimum absolute atomic E-state index is 0.289. The number of carbonyl (C=O) groups excluding carboxylic acids is 1. The fraction of sp³-hybridized carbons (Fsp3) is 0.588. The minimum Gasteiger partial charge on any atom is -0.462 e. The van der Waals surface area contributed by atoms with Gasteiger partial charge in [0, 0.05) is 0 Å². The monoisotopic (exact) mass is 309 g/mol. The maximum atomic E-state index is 12.1. The Labute approximate surface area is 133 Å². The molecule has 1 atom stereocenters. The number of hydrogen-bond acceptors (Lipinski definition) is 5. The van der Waals surface area contributed by atoms with E-state index in [0.717, 1.165) is 12.8 Å². The zero-order chi connectivity index (χ0) is 16.4. The molecule has 0 N–H and O–H groups in total. The molecular formula is C17H27NO4. The molecule has 1 aromatic carbocycles. The molecule has 0 aliphatic heterocycles. The molecule has 5 heteroatoms.